The zero-order chi connectivity index (χ0) is 16.6. The molecule has 2 bridgehead atoms. The molecule has 5 nitrogen and oxygen atoms in total. The zero-order valence-electron chi connectivity index (χ0n) is 12.7. The number of amides is 1. The van der Waals surface area contributed by atoms with Crippen LogP contribution in [0.4, 0.5) is 0 Å². The first-order valence-electron chi connectivity index (χ1n) is 7.54. The Morgan fingerprint density at radius 3 is 2.65 bits per heavy atom. The number of ether oxygens (including phenoxy) is 1. The predicted octanol–water partition coefficient (Wildman–Crippen LogP) is 2.80. The molecule has 1 amide bonds. The fraction of sp³-hybridized carbons (Fsp3) is 0.412. The first-order chi connectivity index (χ1) is 11.0. The van der Waals surface area contributed by atoms with Crippen LogP contribution in [0, 0.1) is 17.8 Å². The molecule has 1 saturated carbocycles. The summed E-state index contributed by atoms with van der Waals surface area (Å²) in [7, 11) is 1.49. The summed E-state index contributed by atoms with van der Waals surface area (Å²) >= 11 is 6.05. The molecular weight excluding hydrogens is 318 g/mol. The molecule has 4 atom stereocenters. The smallest absolute Gasteiger partial charge is 0.330 e. The lowest BCUT2D eigenvalue weighted by Gasteiger charge is -2.21. The van der Waals surface area contributed by atoms with Crippen LogP contribution < -0.4 is 10.1 Å². The minimum atomic E-state index is -1.12. The summed E-state index contributed by atoms with van der Waals surface area (Å²) in [5, 5.41) is 12.4. The highest BCUT2D eigenvalue weighted by Gasteiger charge is 2.40. The monoisotopic (exact) mass is 335 g/mol. The lowest BCUT2D eigenvalue weighted by Crippen LogP contribution is -2.39. The number of aliphatic carboxylic acids is 1. The summed E-state index contributed by atoms with van der Waals surface area (Å²) in [6.07, 6.45) is 6.00. The number of methoxy groups -OCH3 is 1. The number of carbonyl (C=O) groups is 2. The highest BCUT2D eigenvalue weighted by Crippen LogP contribution is 2.43. The van der Waals surface area contributed by atoms with Crippen molar-refractivity contribution < 1.29 is 19.4 Å². The second kappa shape index (κ2) is 6.24. The molecule has 0 spiro atoms. The standard InChI is InChI=1S/C17H18ClNO4/c1-23-14-5-4-11(8-13(14)18)15(17(21)22)19-16(20)12-7-9-2-3-10(12)6-9/h2-5,8-10,12,15H,6-7H2,1H3,(H,19,20)(H,21,22)/t9-,10-,12+,15+/m0/s1. The van der Waals surface area contributed by atoms with Gasteiger partial charge in [-0.05, 0) is 42.4 Å². The molecule has 1 aromatic rings. The highest BCUT2D eigenvalue weighted by molar-refractivity contribution is 6.32. The van der Waals surface area contributed by atoms with Crippen LogP contribution in [0.15, 0.2) is 30.4 Å². The van der Waals surface area contributed by atoms with E-state index in [0.717, 1.165) is 12.8 Å². The fourth-order valence-corrected chi connectivity index (χ4v) is 3.75. The molecule has 122 valence electrons. The summed E-state index contributed by atoms with van der Waals surface area (Å²) in [4.78, 5) is 24.0. The lowest BCUT2D eigenvalue weighted by atomic mass is 9.92. The van der Waals surface area contributed by atoms with Crippen molar-refractivity contribution in [2.24, 2.45) is 17.8 Å². The maximum absolute atomic E-state index is 12.5. The van der Waals surface area contributed by atoms with E-state index in [0.29, 0.717) is 22.3 Å². The number of carboxylic acids is 1. The van der Waals surface area contributed by atoms with E-state index >= 15 is 0 Å². The van der Waals surface area contributed by atoms with Crippen molar-refractivity contribution in [1.29, 1.82) is 0 Å². The van der Waals surface area contributed by atoms with Gasteiger partial charge < -0.3 is 15.2 Å². The Kier molecular flexibility index (Phi) is 4.31. The van der Waals surface area contributed by atoms with Crippen LogP contribution in [0.1, 0.15) is 24.4 Å². The molecule has 0 unspecified atom stereocenters. The molecule has 0 radical (unpaired) electrons. The van der Waals surface area contributed by atoms with E-state index in [1.807, 2.05) is 0 Å². The normalized spacial score (nSPS) is 26.1. The molecular formula is C17H18ClNO4. The van der Waals surface area contributed by atoms with Crippen LogP contribution in [-0.4, -0.2) is 24.1 Å². The van der Waals surface area contributed by atoms with Gasteiger partial charge in [-0.1, -0.05) is 29.8 Å². The van der Waals surface area contributed by atoms with Gasteiger partial charge in [0.05, 0.1) is 12.1 Å². The molecule has 3 rings (SSSR count). The Balaban J connectivity index is 1.77. The third-order valence-corrected chi connectivity index (χ3v) is 4.95. The Bertz CT molecular complexity index is 673. The van der Waals surface area contributed by atoms with Gasteiger partial charge in [-0.25, -0.2) is 4.79 Å². The molecule has 0 aliphatic heterocycles. The van der Waals surface area contributed by atoms with Crippen molar-refractivity contribution in [2.75, 3.05) is 7.11 Å². The van der Waals surface area contributed by atoms with Crippen molar-refractivity contribution in [3.8, 4) is 5.75 Å². The van der Waals surface area contributed by atoms with E-state index in [4.69, 9.17) is 16.3 Å². The Morgan fingerprint density at radius 2 is 2.13 bits per heavy atom. The number of nitrogens with one attached hydrogen (secondary N) is 1. The Morgan fingerprint density at radius 1 is 1.35 bits per heavy atom. The van der Waals surface area contributed by atoms with Gasteiger partial charge in [0.25, 0.3) is 0 Å². The predicted molar refractivity (Wildman–Crippen MR) is 85.4 cm³/mol. The first-order valence-corrected chi connectivity index (χ1v) is 7.92. The van der Waals surface area contributed by atoms with E-state index in [1.165, 1.54) is 13.2 Å². The van der Waals surface area contributed by atoms with Gasteiger partial charge in [0.1, 0.15) is 5.75 Å². The van der Waals surface area contributed by atoms with Gasteiger partial charge in [0, 0.05) is 5.92 Å². The Labute approximate surface area is 139 Å². The average Bonchev–Trinajstić information content (AvgIpc) is 3.15. The van der Waals surface area contributed by atoms with Gasteiger partial charge >= 0.3 is 5.97 Å². The third-order valence-electron chi connectivity index (χ3n) is 4.66. The van der Waals surface area contributed by atoms with Gasteiger partial charge in [-0.15, -0.1) is 0 Å². The van der Waals surface area contributed by atoms with Crippen LogP contribution in [-0.2, 0) is 9.59 Å². The van der Waals surface area contributed by atoms with E-state index in [-0.39, 0.29) is 17.7 Å². The summed E-state index contributed by atoms with van der Waals surface area (Å²) in [6.45, 7) is 0. The number of hydrogen-bond donors (Lipinski definition) is 2. The molecule has 6 heteroatoms. The average molecular weight is 336 g/mol. The summed E-state index contributed by atoms with van der Waals surface area (Å²) in [5.41, 5.74) is 0.426. The largest absolute Gasteiger partial charge is 0.495 e. The summed E-state index contributed by atoms with van der Waals surface area (Å²) < 4.78 is 5.06. The minimum absolute atomic E-state index is 0.138. The van der Waals surface area contributed by atoms with Crippen LogP contribution in [0.2, 0.25) is 5.02 Å². The number of hydrogen-bond acceptors (Lipinski definition) is 3. The zero-order valence-corrected chi connectivity index (χ0v) is 13.4. The molecule has 1 fully saturated rings. The first kappa shape index (κ1) is 15.9. The van der Waals surface area contributed by atoms with Crippen molar-refractivity contribution in [3.05, 3.63) is 40.9 Å². The Hall–Kier alpha value is -2.01. The quantitative estimate of drug-likeness (QED) is 0.811. The van der Waals surface area contributed by atoms with E-state index in [2.05, 4.69) is 17.5 Å². The SMILES string of the molecule is COc1ccc([C@@H](NC(=O)[C@@H]2C[C@H]3C=C[C@H]2C3)C(=O)O)cc1Cl. The minimum Gasteiger partial charge on any atom is -0.495 e. The van der Waals surface area contributed by atoms with E-state index in [1.54, 1.807) is 12.1 Å². The van der Waals surface area contributed by atoms with E-state index in [9.17, 15) is 14.7 Å². The van der Waals surface area contributed by atoms with Crippen molar-refractivity contribution in [2.45, 2.75) is 18.9 Å². The van der Waals surface area contributed by atoms with Crippen LogP contribution in [0.25, 0.3) is 0 Å². The molecule has 2 N–H and O–H groups in total. The highest BCUT2D eigenvalue weighted by atomic mass is 35.5. The second-order valence-electron chi connectivity index (χ2n) is 6.06. The number of carbonyl (C=O) groups excluding carboxylic acids is 1. The summed E-state index contributed by atoms with van der Waals surface area (Å²) in [5.74, 6) is -0.312. The molecule has 2 aliphatic carbocycles. The molecule has 0 heterocycles. The molecule has 0 aromatic heterocycles. The lowest BCUT2D eigenvalue weighted by molar-refractivity contribution is -0.142. The molecule has 0 saturated heterocycles. The topological polar surface area (TPSA) is 75.6 Å². The van der Waals surface area contributed by atoms with Gasteiger partial charge in [0.15, 0.2) is 6.04 Å². The second-order valence-corrected chi connectivity index (χ2v) is 6.47. The van der Waals surface area contributed by atoms with Crippen LogP contribution >= 0.6 is 11.6 Å². The number of benzene rings is 1. The number of allylic oxidation sites excluding steroid dienone is 2. The number of halogens is 1. The van der Waals surface area contributed by atoms with Gasteiger partial charge in [-0.2, -0.15) is 0 Å². The van der Waals surface area contributed by atoms with Crippen molar-refractivity contribution >= 4 is 23.5 Å². The third kappa shape index (κ3) is 3.06. The molecule has 2 aliphatic rings. The number of fused-ring (bicyclic) bond motifs is 2. The molecule has 1 aromatic carbocycles. The van der Waals surface area contributed by atoms with Gasteiger partial charge in [-0.3, -0.25) is 4.79 Å². The van der Waals surface area contributed by atoms with Crippen molar-refractivity contribution in [3.63, 3.8) is 0 Å². The van der Waals surface area contributed by atoms with Gasteiger partial charge in [0.2, 0.25) is 5.91 Å². The maximum Gasteiger partial charge on any atom is 0.330 e. The number of carboxylic acid groups (broad SMARTS) is 1. The molecule has 23 heavy (non-hydrogen) atoms. The van der Waals surface area contributed by atoms with Crippen LogP contribution in [0.5, 0.6) is 5.75 Å². The summed E-state index contributed by atoms with van der Waals surface area (Å²) in [6, 6.07) is 3.60. The van der Waals surface area contributed by atoms with Crippen LogP contribution in [0.3, 0.4) is 0 Å². The fourth-order valence-electron chi connectivity index (χ4n) is 3.48. The van der Waals surface area contributed by atoms with Crippen molar-refractivity contribution in [1.82, 2.24) is 5.32 Å². The number of rotatable bonds is 5. The van der Waals surface area contributed by atoms with E-state index < -0.39 is 12.0 Å². The maximum atomic E-state index is 12.5.